The Morgan fingerprint density at radius 3 is 2.64 bits per heavy atom. The van der Waals surface area contributed by atoms with Gasteiger partial charge in [0.2, 0.25) is 0 Å². The third kappa shape index (κ3) is 2.29. The van der Waals surface area contributed by atoms with Crippen molar-refractivity contribution < 1.29 is 0 Å². The fourth-order valence-corrected chi connectivity index (χ4v) is 2.95. The average Bonchev–Trinajstić information content (AvgIpc) is 2.04. The van der Waals surface area contributed by atoms with E-state index >= 15 is 0 Å². The predicted octanol–water partition coefficient (Wildman–Crippen LogP) is 1.77. The highest BCUT2D eigenvalue weighted by molar-refractivity contribution is 5.02. The second-order valence-corrected chi connectivity index (χ2v) is 5.27. The van der Waals surface area contributed by atoms with Crippen molar-refractivity contribution in [1.82, 2.24) is 10.6 Å². The topological polar surface area (TPSA) is 24.1 Å². The summed E-state index contributed by atoms with van der Waals surface area (Å²) in [5.74, 6) is 1.06. The largest absolute Gasteiger partial charge is 0.317 e. The molecular weight excluding hydrogens is 172 g/mol. The first-order chi connectivity index (χ1) is 6.85. The van der Waals surface area contributed by atoms with Crippen molar-refractivity contribution in [2.45, 2.75) is 39.0 Å². The molecule has 0 aromatic rings. The Labute approximate surface area is 87.8 Å². The van der Waals surface area contributed by atoms with Crippen LogP contribution in [0.15, 0.2) is 0 Å². The molecule has 0 amide bonds. The smallest absolute Gasteiger partial charge is 0.00204 e. The van der Waals surface area contributed by atoms with Crippen LogP contribution in [0.3, 0.4) is 0 Å². The fraction of sp³-hybridized carbons (Fsp3) is 1.00. The van der Waals surface area contributed by atoms with Crippen molar-refractivity contribution in [3.8, 4) is 0 Å². The molecule has 2 nitrogen and oxygen atoms in total. The highest BCUT2D eigenvalue weighted by Crippen LogP contribution is 2.49. The summed E-state index contributed by atoms with van der Waals surface area (Å²) in [7, 11) is 0. The van der Waals surface area contributed by atoms with E-state index in [1.807, 2.05) is 0 Å². The molecule has 0 atom stereocenters. The van der Waals surface area contributed by atoms with E-state index in [1.54, 1.807) is 0 Å². The number of rotatable bonds is 6. The van der Waals surface area contributed by atoms with Crippen molar-refractivity contribution >= 4 is 0 Å². The summed E-state index contributed by atoms with van der Waals surface area (Å²) in [5.41, 5.74) is 0.779. The van der Waals surface area contributed by atoms with Gasteiger partial charge in [-0.25, -0.2) is 0 Å². The number of hydrogen-bond donors (Lipinski definition) is 2. The Balaban J connectivity index is 1.44. The fourth-order valence-electron chi connectivity index (χ4n) is 2.95. The van der Waals surface area contributed by atoms with Crippen LogP contribution in [0.2, 0.25) is 0 Å². The zero-order valence-corrected chi connectivity index (χ0v) is 9.44. The number of hydrogen-bond acceptors (Lipinski definition) is 2. The molecule has 82 valence electrons. The molecule has 1 saturated heterocycles. The molecule has 0 bridgehead atoms. The van der Waals surface area contributed by atoms with Gasteiger partial charge in [-0.15, -0.1) is 0 Å². The maximum atomic E-state index is 3.47. The van der Waals surface area contributed by atoms with Gasteiger partial charge in [0.1, 0.15) is 0 Å². The quantitative estimate of drug-likeness (QED) is 0.633. The van der Waals surface area contributed by atoms with Crippen molar-refractivity contribution in [3.05, 3.63) is 0 Å². The van der Waals surface area contributed by atoms with Gasteiger partial charge in [-0.2, -0.15) is 0 Å². The molecule has 1 spiro atoms. The third-order valence-corrected chi connectivity index (χ3v) is 3.84. The molecule has 1 saturated carbocycles. The molecule has 2 rings (SSSR count). The standard InChI is InChI=1S/C12H24N2/c1-2-5-13-6-3-4-11-7-12(8-11)9-14-10-12/h11,13-14H,2-10H2,1H3. The van der Waals surface area contributed by atoms with Gasteiger partial charge in [0, 0.05) is 13.1 Å². The van der Waals surface area contributed by atoms with E-state index in [1.165, 1.54) is 58.3 Å². The molecule has 2 N–H and O–H groups in total. The van der Waals surface area contributed by atoms with Crippen LogP contribution in [0.25, 0.3) is 0 Å². The summed E-state index contributed by atoms with van der Waals surface area (Å²) in [6, 6.07) is 0. The van der Waals surface area contributed by atoms with Crippen LogP contribution in [0.5, 0.6) is 0 Å². The van der Waals surface area contributed by atoms with Crippen LogP contribution in [-0.4, -0.2) is 26.2 Å². The summed E-state index contributed by atoms with van der Waals surface area (Å²) < 4.78 is 0. The SMILES string of the molecule is CCCNCCCC1CC2(CNC2)C1. The highest BCUT2D eigenvalue weighted by Gasteiger charge is 2.47. The number of nitrogens with one attached hydrogen (secondary N) is 2. The maximum Gasteiger partial charge on any atom is 0.00204 e. The Hall–Kier alpha value is -0.0800. The Kier molecular flexibility index (Phi) is 3.45. The molecular formula is C12H24N2. The first-order valence-corrected chi connectivity index (χ1v) is 6.26. The molecule has 0 aromatic carbocycles. The summed E-state index contributed by atoms with van der Waals surface area (Å²) in [6.07, 6.45) is 7.12. The lowest BCUT2D eigenvalue weighted by Gasteiger charge is -2.54. The summed E-state index contributed by atoms with van der Waals surface area (Å²) in [5, 5.41) is 6.87. The van der Waals surface area contributed by atoms with Crippen LogP contribution in [0.1, 0.15) is 39.0 Å². The Morgan fingerprint density at radius 1 is 1.29 bits per heavy atom. The van der Waals surface area contributed by atoms with Gasteiger partial charge in [0.15, 0.2) is 0 Å². The first-order valence-electron chi connectivity index (χ1n) is 6.26. The normalized spacial score (nSPS) is 24.6. The van der Waals surface area contributed by atoms with E-state index in [-0.39, 0.29) is 0 Å². The average molecular weight is 196 g/mol. The third-order valence-electron chi connectivity index (χ3n) is 3.84. The van der Waals surface area contributed by atoms with E-state index in [0.717, 1.165) is 11.3 Å². The lowest BCUT2D eigenvalue weighted by atomic mass is 9.57. The van der Waals surface area contributed by atoms with Gasteiger partial charge < -0.3 is 10.6 Å². The van der Waals surface area contributed by atoms with Gasteiger partial charge in [-0.3, -0.25) is 0 Å². The van der Waals surface area contributed by atoms with Crippen LogP contribution in [-0.2, 0) is 0 Å². The van der Waals surface area contributed by atoms with Crippen molar-refractivity contribution in [3.63, 3.8) is 0 Å². The molecule has 1 heterocycles. The monoisotopic (exact) mass is 196 g/mol. The van der Waals surface area contributed by atoms with Crippen LogP contribution in [0.4, 0.5) is 0 Å². The van der Waals surface area contributed by atoms with Crippen molar-refractivity contribution in [2.24, 2.45) is 11.3 Å². The molecule has 14 heavy (non-hydrogen) atoms. The van der Waals surface area contributed by atoms with Crippen LogP contribution < -0.4 is 10.6 Å². The maximum absolute atomic E-state index is 3.47. The van der Waals surface area contributed by atoms with E-state index in [2.05, 4.69) is 17.6 Å². The summed E-state index contributed by atoms with van der Waals surface area (Å²) >= 11 is 0. The van der Waals surface area contributed by atoms with E-state index in [9.17, 15) is 0 Å². The van der Waals surface area contributed by atoms with Gasteiger partial charge >= 0.3 is 0 Å². The minimum atomic E-state index is 0.779. The highest BCUT2D eigenvalue weighted by atomic mass is 15.0. The summed E-state index contributed by atoms with van der Waals surface area (Å²) in [4.78, 5) is 0. The minimum Gasteiger partial charge on any atom is -0.317 e. The van der Waals surface area contributed by atoms with Gasteiger partial charge in [-0.1, -0.05) is 6.92 Å². The molecule has 2 heteroatoms. The first kappa shape index (κ1) is 10.4. The molecule has 1 aliphatic heterocycles. The molecule has 0 aromatic heterocycles. The zero-order valence-electron chi connectivity index (χ0n) is 9.44. The second-order valence-electron chi connectivity index (χ2n) is 5.27. The van der Waals surface area contributed by atoms with E-state index in [4.69, 9.17) is 0 Å². The minimum absolute atomic E-state index is 0.779. The molecule has 1 aliphatic carbocycles. The van der Waals surface area contributed by atoms with E-state index in [0.29, 0.717) is 0 Å². The molecule has 2 aliphatic rings. The van der Waals surface area contributed by atoms with Crippen molar-refractivity contribution in [1.29, 1.82) is 0 Å². The second kappa shape index (κ2) is 4.63. The van der Waals surface area contributed by atoms with E-state index < -0.39 is 0 Å². The van der Waals surface area contributed by atoms with Crippen LogP contribution >= 0.6 is 0 Å². The molecule has 2 fully saturated rings. The summed E-state index contributed by atoms with van der Waals surface area (Å²) in [6.45, 7) is 7.26. The Bertz CT molecular complexity index is 167. The van der Waals surface area contributed by atoms with Gasteiger partial charge in [-0.05, 0) is 56.5 Å². The lowest BCUT2D eigenvalue weighted by molar-refractivity contribution is -0.00394. The molecule has 0 radical (unpaired) electrons. The predicted molar refractivity (Wildman–Crippen MR) is 60.4 cm³/mol. The van der Waals surface area contributed by atoms with Gasteiger partial charge in [0.05, 0.1) is 0 Å². The molecule has 0 unspecified atom stereocenters. The van der Waals surface area contributed by atoms with Crippen molar-refractivity contribution in [2.75, 3.05) is 26.2 Å². The van der Waals surface area contributed by atoms with Crippen LogP contribution in [0, 0.1) is 11.3 Å². The lowest BCUT2D eigenvalue weighted by Crippen LogP contribution is -2.60. The zero-order chi connectivity index (χ0) is 9.86. The van der Waals surface area contributed by atoms with Gasteiger partial charge in [0.25, 0.3) is 0 Å². The Morgan fingerprint density at radius 2 is 2.07 bits per heavy atom.